The first-order valence-electron chi connectivity index (χ1n) is 5.42. The van der Waals surface area contributed by atoms with Gasteiger partial charge in [-0.15, -0.1) is 0 Å². The van der Waals surface area contributed by atoms with Crippen LogP contribution in [-0.2, 0) is 6.61 Å². The quantitative estimate of drug-likeness (QED) is 0.878. The van der Waals surface area contributed by atoms with E-state index in [4.69, 9.17) is 5.11 Å². The molecule has 0 amide bonds. The molecule has 2 rings (SSSR count). The Kier molecular flexibility index (Phi) is 3.71. The highest BCUT2D eigenvalue weighted by Crippen LogP contribution is 2.28. The summed E-state index contributed by atoms with van der Waals surface area (Å²) in [6.07, 6.45) is 1.11. The molecule has 1 fully saturated rings. The fraction of sp³-hybridized carbons (Fsp3) is 0.500. The molecular weight excluding hydrogens is 225 g/mol. The zero-order chi connectivity index (χ0) is 11.5. The number of rotatable bonds is 3. The molecule has 4 heteroatoms. The first-order valence-corrected chi connectivity index (χ1v) is 6.57. The van der Waals surface area contributed by atoms with E-state index in [1.165, 1.54) is 6.07 Å². The Morgan fingerprint density at radius 1 is 1.56 bits per heavy atom. The number of benzene rings is 1. The average Bonchev–Trinajstić information content (AvgIpc) is 2.81. The number of halogens is 1. The smallest absolute Gasteiger partial charge is 0.146 e. The normalized spacial score (nSPS) is 20.1. The third-order valence-corrected chi connectivity index (χ3v) is 4.17. The van der Waals surface area contributed by atoms with Crippen LogP contribution in [0.1, 0.15) is 12.0 Å². The Hall–Kier alpha value is -0.740. The van der Waals surface area contributed by atoms with Crippen molar-refractivity contribution in [3.8, 4) is 0 Å². The molecule has 1 aromatic rings. The van der Waals surface area contributed by atoms with Gasteiger partial charge < -0.3 is 10.0 Å². The van der Waals surface area contributed by atoms with Gasteiger partial charge in [-0.3, -0.25) is 0 Å². The zero-order valence-electron chi connectivity index (χ0n) is 9.32. The first kappa shape index (κ1) is 11.7. The van der Waals surface area contributed by atoms with Crippen molar-refractivity contribution in [1.82, 2.24) is 0 Å². The van der Waals surface area contributed by atoms with Gasteiger partial charge in [0.2, 0.25) is 0 Å². The second kappa shape index (κ2) is 5.06. The van der Waals surface area contributed by atoms with Crippen LogP contribution in [0, 0.1) is 5.82 Å². The predicted octanol–water partition coefficient (Wildman–Crippen LogP) is 2.26. The number of aliphatic hydroxyl groups excluding tert-OH is 1. The highest BCUT2D eigenvalue weighted by atomic mass is 32.2. The molecule has 16 heavy (non-hydrogen) atoms. The second-order valence-corrected chi connectivity index (χ2v) is 5.22. The van der Waals surface area contributed by atoms with Crippen LogP contribution >= 0.6 is 11.8 Å². The van der Waals surface area contributed by atoms with E-state index in [1.54, 1.807) is 12.1 Å². The van der Waals surface area contributed by atoms with Crippen molar-refractivity contribution in [2.75, 3.05) is 23.5 Å². The monoisotopic (exact) mass is 241 g/mol. The number of aliphatic hydroxyl groups is 1. The SMILES string of the molecule is CN(c1ccc(CO)cc1F)C1CCSC1. The van der Waals surface area contributed by atoms with Gasteiger partial charge in [0.15, 0.2) is 0 Å². The third-order valence-electron chi connectivity index (χ3n) is 3.03. The van der Waals surface area contributed by atoms with Gasteiger partial charge in [-0.25, -0.2) is 4.39 Å². The van der Waals surface area contributed by atoms with Crippen molar-refractivity contribution < 1.29 is 9.50 Å². The minimum atomic E-state index is -0.244. The Bertz CT molecular complexity index is 366. The van der Waals surface area contributed by atoms with Crippen LogP contribution in [0.4, 0.5) is 10.1 Å². The molecular formula is C12H16FNOS. The van der Waals surface area contributed by atoms with E-state index >= 15 is 0 Å². The van der Waals surface area contributed by atoms with Crippen LogP contribution < -0.4 is 4.90 Å². The van der Waals surface area contributed by atoms with E-state index in [1.807, 2.05) is 23.7 Å². The third kappa shape index (κ3) is 2.33. The van der Waals surface area contributed by atoms with E-state index in [9.17, 15) is 4.39 Å². The van der Waals surface area contributed by atoms with Crippen molar-refractivity contribution in [2.45, 2.75) is 19.1 Å². The maximum atomic E-state index is 13.8. The molecule has 0 bridgehead atoms. The van der Waals surface area contributed by atoms with Gasteiger partial charge in [0.05, 0.1) is 12.3 Å². The number of anilines is 1. The molecule has 1 heterocycles. The lowest BCUT2D eigenvalue weighted by Gasteiger charge is -2.26. The van der Waals surface area contributed by atoms with Crippen molar-refractivity contribution in [3.05, 3.63) is 29.6 Å². The molecule has 0 spiro atoms. The minimum absolute atomic E-state index is 0.111. The van der Waals surface area contributed by atoms with E-state index in [-0.39, 0.29) is 12.4 Å². The van der Waals surface area contributed by atoms with Gasteiger partial charge >= 0.3 is 0 Å². The molecule has 1 aromatic carbocycles. The number of hydrogen-bond acceptors (Lipinski definition) is 3. The van der Waals surface area contributed by atoms with Crippen molar-refractivity contribution in [1.29, 1.82) is 0 Å². The van der Waals surface area contributed by atoms with E-state index in [2.05, 4.69) is 0 Å². The summed E-state index contributed by atoms with van der Waals surface area (Å²) in [6, 6.07) is 5.37. The molecule has 0 aromatic heterocycles. The lowest BCUT2D eigenvalue weighted by Crippen LogP contribution is -2.31. The summed E-state index contributed by atoms with van der Waals surface area (Å²) in [7, 11) is 1.94. The Labute approximate surface area is 99.5 Å². The molecule has 1 saturated heterocycles. The number of nitrogens with zero attached hydrogens (tertiary/aromatic N) is 1. The molecule has 2 nitrogen and oxygen atoms in total. The van der Waals surface area contributed by atoms with Crippen LogP contribution in [0.2, 0.25) is 0 Å². The summed E-state index contributed by atoms with van der Waals surface area (Å²) >= 11 is 1.91. The van der Waals surface area contributed by atoms with Crippen LogP contribution in [-0.4, -0.2) is 29.7 Å². The molecule has 0 saturated carbocycles. The van der Waals surface area contributed by atoms with Gasteiger partial charge in [-0.1, -0.05) is 6.07 Å². The van der Waals surface area contributed by atoms with Crippen molar-refractivity contribution >= 4 is 17.4 Å². The fourth-order valence-electron chi connectivity index (χ4n) is 1.96. The maximum absolute atomic E-state index is 13.8. The second-order valence-electron chi connectivity index (χ2n) is 4.07. The van der Waals surface area contributed by atoms with Gasteiger partial charge in [-0.2, -0.15) is 11.8 Å². The van der Waals surface area contributed by atoms with Crippen LogP contribution in [0.15, 0.2) is 18.2 Å². The largest absolute Gasteiger partial charge is 0.392 e. The van der Waals surface area contributed by atoms with Crippen molar-refractivity contribution in [2.24, 2.45) is 0 Å². The van der Waals surface area contributed by atoms with Crippen LogP contribution in [0.25, 0.3) is 0 Å². The summed E-state index contributed by atoms with van der Waals surface area (Å²) in [5.41, 5.74) is 1.25. The van der Waals surface area contributed by atoms with Crippen molar-refractivity contribution in [3.63, 3.8) is 0 Å². The minimum Gasteiger partial charge on any atom is -0.392 e. The highest BCUT2D eigenvalue weighted by Gasteiger charge is 2.22. The van der Waals surface area contributed by atoms with Crippen LogP contribution in [0.5, 0.6) is 0 Å². The Morgan fingerprint density at radius 2 is 2.38 bits per heavy atom. The summed E-state index contributed by atoms with van der Waals surface area (Å²) in [5, 5.41) is 8.92. The fourth-order valence-corrected chi connectivity index (χ4v) is 3.23. The van der Waals surface area contributed by atoms with E-state index in [0.29, 0.717) is 17.3 Å². The van der Waals surface area contributed by atoms with E-state index < -0.39 is 0 Å². The van der Waals surface area contributed by atoms with Gasteiger partial charge in [-0.05, 0) is 29.9 Å². The lowest BCUT2D eigenvalue weighted by atomic mass is 10.1. The maximum Gasteiger partial charge on any atom is 0.146 e. The summed E-state index contributed by atoms with van der Waals surface area (Å²) in [5.74, 6) is 1.98. The Balaban J connectivity index is 2.19. The molecule has 0 radical (unpaired) electrons. The number of hydrogen-bond donors (Lipinski definition) is 1. The number of thioether (sulfide) groups is 1. The molecule has 1 aliphatic rings. The van der Waals surface area contributed by atoms with Gasteiger partial charge in [0, 0.05) is 18.8 Å². The summed E-state index contributed by atoms with van der Waals surface area (Å²) in [4.78, 5) is 2.01. The standard InChI is InChI=1S/C12H16FNOS/c1-14(10-4-5-16-8-10)12-3-2-9(7-15)6-11(12)13/h2-3,6,10,15H,4-5,7-8H2,1H3. The molecule has 1 unspecified atom stereocenters. The molecule has 0 aliphatic carbocycles. The average molecular weight is 241 g/mol. The Morgan fingerprint density at radius 3 is 2.94 bits per heavy atom. The summed E-state index contributed by atoms with van der Waals surface area (Å²) in [6.45, 7) is -0.111. The van der Waals surface area contributed by atoms with Gasteiger partial charge in [0.1, 0.15) is 5.82 Å². The summed E-state index contributed by atoms with van der Waals surface area (Å²) < 4.78 is 13.8. The zero-order valence-corrected chi connectivity index (χ0v) is 10.1. The predicted molar refractivity (Wildman–Crippen MR) is 66.5 cm³/mol. The molecule has 1 N–H and O–H groups in total. The lowest BCUT2D eigenvalue weighted by molar-refractivity contribution is 0.281. The molecule has 88 valence electrons. The highest BCUT2D eigenvalue weighted by molar-refractivity contribution is 7.99. The first-order chi connectivity index (χ1) is 7.72. The van der Waals surface area contributed by atoms with Crippen LogP contribution in [0.3, 0.4) is 0 Å². The topological polar surface area (TPSA) is 23.5 Å². The van der Waals surface area contributed by atoms with E-state index in [0.717, 1.165) is 17.9 Å². The molecule has 1 atom stereocenters. The van der Waals surface area contributed by atoms with Gasteiger partial charge in [0.25, 0.3) is 0 Å². The molecule has 1 aliphatic heterocycles.